The van der Waals surface area contributed by atoms with Gasteiger partial charge in [0, 0.05) is 26.2 Å². The number of nitrogens with zero attached hydrogens (tertiary/aromatic N) is 1. The van der Waals surface area contributed by atoms with E-state index >= 15 is 0 Å². The van der Waals surface area contributed by atoms with Crippen LogP contribution in [0.15, 0.2) is 30.3 Å². The zero-order valence-corrected chi connectivity index (χ0v) is 9.93. The molecule has 90 valence electrons. The fourth-order valence-electron chi connectivity index (χ4n) is 1.59. The summed E-state index contributed by atoms with van der Waals surface area (Å²) in [5.74, 6) is 0. The van der Waals surface area contributed by atoms with Gasteiger partial charge in [-0.1, -0.05) is 30.3 Å². The van der Waals surface area contributed by atoms with E-state index in [2.05, 4.69) is 17.0 Å². The molecule has 1 aromatic carbocycles. The molecule has 0 bridgehead atoms. The molecule has 0 saturated heterocycles. The van der Waals surface area contributed by atoms with Crippen LogP contribution in [0.5, 0.6) is 0 Å². The van der Waals surface area contributed by atoms with Gasteiger partial charge in [0.05, 0.1) is 13.2 Å². The summed E-state index contributed by atoms with van der Waals surface area (Å²) in [5.41, 5.74) is 1.27. The second-order valence-corrected chi connectivity index (χ2v) is 3.68. The molecule has 0 spiro atoms. The summed E-state index contributed by atoms with van der Waals surface area (Å²) in [5, 5.41) is 8.99. The Bertz CT molecular complexity index is 264. The molecule has 0 radical (unpaired) electrons. The summed E-state index contributed by atoms with van der Waals surface area (Å²) >= 11 is 0. The van der Waals surface area contributed by atoms with Crippen molar-refractivity contribution in [2.75, 3.05) is 32.9 Å². The van der Waals surface area contributed by atoms with E-state index in [9.17, 15) is 0 Å². The zero-order chi connectivity index (χ0) is 11.6. The van der Waals surface area contributed by atoms with Crippen molar-refractivity contribution in [1.82, 2.24) is 4.90 Å². The Morgan fingerprint density at radius 3 is 2.56 bits per heavy atom. The minimum Gasteiger partial charge on any atom is -0.395 e. The van der Waals surface area contributed by atoms with Gasteiger partial charge < -0.3 is 9.84 Å². The molecule has 0 fully saturated rings. The zero-order valence-electron chi connectivity index (χ0n) is 9.93. The maximum Gasteiger partial charge on any atom is 0.0593 e. The second-order valence-electron chi connectivity index (χ2n) is 3.68. The Morgan fingerprint density at radius 2 is 1.94 bits per heavy atom. The number of benzene rings is 1. The van der Waals surface area contributed by atoms with Crippen molar-refractivity contribution in [2.24, 2.45) is 0 Å². The van der Waals surface area contributed by atoms with Gasteiger partial charge in [-0.2, -0.15) is 0 Å². The molecule has 1 rings (SSSR count). The summed E-state index contributed by atoms with van der Waals surface area (Å²) in [7, 11) is 0. The van der Waals surface area contributed by atoms with Crippen molar-refractivity contribution in [2.45, 2.75) is 13.5 Å². The molecule has 0 amide bonds. The Morgan fingerprint density at radius 1 is 1.19 bits per heavy atom. The van der Waals surface area contributed by atoms with Crippen molar-refractivity contribution < 1.29 is 9.84 Å². The first-order valence-corrected chi connectivity index (χ1v) is 5.81. The van der Waals surface area contributed by atoms with Crippen LogP contribution in [0.25, 0.3) is 0 Å². The highest BCUT2D eigenvalue weighted by atomic mass is 16.5. The van der Waals surface area contributed by atoms with Crippen molar-refractivity contribution in [3.05, 3.63) is 35.9 Å². The van der Waals surface area contributed by atoms with Gasteiger partial charge in [-0.25, -0.2) is 0 Å². The van der Waals surface area contributed by atoms with Crippen LogP contribution in [0.1, 0.15) is 12.5 Å². The standard InChI is InChI=1S/C13H21NO2/c1-2-16-11-9-14(8-10-15)12-13-6-4-3-5-7-13/h3-7,15H,2,8-12H2,1H3. The first-order chi connectivity index (χ1) is 7.86. The molecule has 0 aliphatic rings. The SMILES string of the molecule is CCOCCN(CCO)Cc1ccccc1. The summed E-state index contributed by atoms with van der Waals surface area (Å²) in [6.45, 7) is 6.09. The van der Waals surface area contributed by atoms with Crippen molar-refractivity contribution >= 4 is 0 Å². The van der Waals surface area contributed by atoms with Crippen LogP contribution in [-0.4, -0.2) is 42.9 Å². The van der Waals surface area contributed by atoms with Crippen molar-refractivity contribution in [1.29, 1.82) is 0 Å². The molecule has 0 unspecified atom stereocenters. The molecule has 0 saturated carbocycles. The maximum atomic E-state index is 8.99. The highest BCUT2D eigenvalue weighted by Gasteiger charge is 2.04. The van der Waals surface area contributed by atoms with Crippen LogP contribution in [0.4, 0.5) is 0 Å². The molecule has 0 atom stereocenters. The third-order valence-corrected chi connectivity index (χ3v) is 2.42. The minimum atomic E-state index is 0.193. The van der Waals surface area contributed by atoms with E-state index in [-0.39, 0.29) is 6.61 Å². The van der Waals surface area contributed by atoms with Gasteiger partial charge in [0.2, 0.25) is 0 Å². The van der Waals surface area contributed by atoms with Gasteiger partial charge in [0.1, 0.15) is 0 Å². The quantitative estimate of drug-likeness (QED) is 0.678. The fraction of sp³-hybridized carbons (Fsp3) is 0.538. The van der Waals surface area contributed by atoms with Gasteiger partial charge in [-0.05, 0) is 12.5 Å². The lowest BCUT2D eigenvalue weighted by molar-refractivity contribution is 0.101. The molecule has 0 aromatic heterocycles. The molecule has 3 heteroatoms. The van der Waals surface area contributed by atoms with Crippen LogP contribution in [0.2, 0.25) is 0 Å². The van der Waals surface area contributed by atoms with Crippen LogP contribution >= 0.6 is 0 Å². The molecular formula is C13H21NO2. The van der Waals surface area contributed by atoms with E-state index in [0.29, 0.717) is 6.54 Å². The highest BCUT2D eigenvalue weighted by Crippen LogP contribution is 2.03. The predicted molar refractivity (Wildman–Crippen MR) is 65.3 cm³/mol. The Kier molecular flexibility index (Phi) is 6.81. The highest BCUT2D eigenvalue weighted by molar-refractivity contribution is 5.14. The molecule has 1 N–H and O–H groups in total. The summed E-state index contributed by atoms with van der Waals surface area (Å²) in [4.78, 5) is 2.20. The van der Waals surface area contributed by atoms with E-state index in [1.54, 1.807) is 0 Å². The number of hydrogen-bond donors (Lipinski definition) is 1. The average molecular weight is 223 g/mol. The molecule has 3 nitrogen and oxygen atoms in total. The molecular weight excluding hydrogens is 202 g/mol. The summed E-state index contributed by atoms with van der Waals surface area (Å²) in [6, 6.07) is 10.3. The molecule has 0 aliphatic heterocycles. The van der Waals surface area contributed by atoms with E-state index in [1.165, 1.54) is 5.56 Å². The first kappa shape index (κ1) is 13.2. The van der Waals surface area contributed by atoms with Crippen LogP contribution in [0.3, 0.4) is 0 Å². The Labute approximate surface area is 97.7 Å². The van der Waals surface area contributed by atoms with Gasteiger partial charge in [-0.15, -0.1) is 0 Å². The van der Waals surface area contributed by atoms with Crippen LogP contribution in [-0.2, 0) is 11.3 Å². The van der Waals surface area contributed by atoms with Gasteiger partial charge in [0.25, 0.3) is 0 Å². The number of hydrogen-bond acceptors (Lipinski definition) is 3. The van der Waals surface area contributed by atoms with Crippen molar-refractivity contribution in [3.63, 3.8) is 0 Å². The number of rotatable bonds is 8. The summed E-state index contributed by atoms with van der Waals surface area (Å²) in [6.07, 6.45) is 0. The fourth-order valence-corrected chi connectivity index (χ4v) is 1.59. The lowest BCUT2D eigenvalue weighted by Crippen LogP contribution is -2.30. The third kappa shape index (κ3) is 5.26. The average Bonchev–Trinajstić information content (AvgIpc) is 2.31. The Balaban J connectivity index is 2.38. The van der Waals surface area contributed by atoms with Crippen LogP contribution in [0, 0.1) is 0 Å². The molecule has 0 aliphatic carbocycles. The van der Waals surface area contributed by atoms with Gasteiger partial charge in [-0.3, -0.25) is 4.90 Å². The molecule has 0 heterocycles. The number of aliphatic hydroxyl groups excluding tert-OH is 1. The predicted octanol–water partition coefficient (Wildman–Crippen LogP) is 1.52. The smallest absolute Gasteiger partial charge is 0.0593 e. The van der Waals surface area contributed by atoms with E-state index in [1.807, 2.05) is 25.1 Å². The lowest BCUT2D eigenvalue weighted by atomic mass is 10.2. The molecule has 1 aromatic rings. The van der Waals surface area contributed by atoms with Gasteiger partial charge >= 0.3 is 0 Å². The first-order valence-electron chi connectivity index (χ1n) is 5.81. The minimum absolute atomic E-state index is 0.193. The maximum absolute atomic E-state index is 8.99. The third-order valence-electron chi connectivity index (χ3n) is 2.42. The Hall–Kier alpha value is -0.900. The lowest BCUT2D eigenvalue weighted by Gasteiger charge is -2.21. The number of aliphatic hydroxyl groups is 1. The second kappa shape index (κ2) is 8.28. The van der Waals surface area contributed by atoms with E-state index in [4.69, 9.17) is 9.84 Å². The van der Waals surface area contributed by atoms with Crippen molar-refractivity contribution in [3.8, 4) is 0 Å². The topological polar surface area (TPSA) is 32.7 Å². The van der Waals surface area contributed by atoms with Gasteiger partial charge in [0.15, 0.2) is 0 Å². The summed E-state index contributed by atoms with van der Waals surface area (Å²) < 4.78 is 5.32. The largest absolute Gasteiger partial charge is 0.395 e. The molecule has 16 heavy (non-hydrogen) atoms. The van der Waals surface area contributed by atoms with E-state index < -0.39 is 0 Å². The van der Waals surface area contributed by atoms with Crippen LogP contribution < -0.4 is 0 Å². The normalized spacial score (nSPS) is 10.9. The monoisotopic (exact) mass is 223 g/mol. The van der Waals surface area contributed by atoms with E-state index in [0.717, 1.165) is 26.3 Å². The number of ether oxygens (including phenoxy) is 1.